The lowest BCUT2D eigenvalue weighted by molar-refractivity contribution is -0.132. The molecule has 0 saturated carbocycles. The van der Waals surface area contributed by atoms with E-state index in [1.165, 1.54) is 0 Å². The van der Waals surface area contributed by atoms with Crippen LogP contribution in [0.5, 0.6) is 0 Å². The number of carbonyl (C=O) groups excluding carboxylic acids is 2. The average molecular weight is 503 g/mol. The predicted octanol–water partition coefficient (Wildman–Crippen LogP) is 2.50. The lowest BCUT2D eigenvalue weighted by Gasteiger charge is -2.33. The zero-order valence-electron chi connectivity index (χ0n) is 23.4. The Bertz CT molecular complexity index is 931. The van der Waals surface area contributed by atoms with Gasteiger partial charge in [-0.15, -0.1) is 0 Å². The highest BCUT2D eigenvalue weighted by Gasteiger charge is 2.52. The van der Waals surface area contributed by atoms with Gasteiger partial charge in [-0.05, 0) is 75.7 Å². The topological polar surface area (TPSA) is 106 Å². The van der Waals surface area contributed by atoms with Crippen molar-refractivity contribution in [1.29, 1.82) is 0 Å². The molecule has 0 radical (unpaired) electrons. The van der Waals surface area contributed by atoms with Crippen LogP contribution >= 0.6 is 0 Å². The van der Waals surface area contributed by atoms with Gasteiger partial charge in [0, 0.05) is 37.0 Å². The van der Waals surface area contributed by atoms with E-state index >= 15 is 0 Å². The number of hydrogen-bond donors (Lipinski definition) is 1. The molecule has 0 spiro atoms. The summed E-state index contributed by atoms with van der Waals surface area (Å²) in [7, 11) is -0.518. The lowest BCUT2D eigenvalue weighted by atomic mass is 9.81. The van der Waals surface area contributed by atoms with Crippen molar-refractivity contribution >= 4 is 30.5 Å². The summed E-state index contributed by atoms with van der Waals surface area (Å²) in [5.41, 5.74) is -0.724. The number of nitrogens with one attached hydrogen (secondary N) is 1. The van der Waals surface area contributed by atoms with E-state index in [-0.39, 0.29) is 18.0 Å². The first kappa shape index (κ1) is 28.2. The molecule has 0 bridgehead atoms. The van der Waals surface area contributed by atoms with E-state index in [0.29, 0.717) is 19.0 Å². The first-order chi connectivity index (χ1) is 16.5. The molecule has 2 fully saturated rings. The number of hydrogen-bond acceptors (Lipinski definition) is 8. The molecule has 3 heterocycles. The van der Waals surface area contributed by atoms with Crippen molar-refractivity contribution in [1.82, 2.24) is 20.2 Å². The summed E-state index contributed by atoms with van der Waals surface area (Å²) >= 11 is 0. The van der Waals surface area contributed by atoms with Crippen LogP contribution in [-0.4, -0.2) is 82.0 Å². The quantitative estimate of drug-likeness (QED) is 0.591. The lowest BCUT2D eigenvalue weighted by Crippen LogP contribution is -2.49. The van der Waals surface area contributed by atoms with Crippen LogP contribution in [0.2, 0.25) is 0 Å². The molecule has 200 valence electrons. The molecule has 2 amide bonds. The maximum absolute atomic E-state index is 13.0. The normalized spacial score (nSPS) is 22.0. The summed E-state index contributed by atoms with van der Waals surface area (Å²) in [6.07, 6.45) is 3.69. The van der Waals surface area contributed by atoms with Crippen LogP contribution in [0.15, 0.2) is 12.4 Å². The second-order valence-electron chi connectivity index (χ2n) is 12.0. The van der Waals surface area contributed by atoms with Gasteiger partial charge < -0.3 is 29.2 Å². The van der Waals surface area contributed by atoms with Crippen LogP contribution in [0.3, 0.4) is 0 Å². The minimum atomic E-state index is -0.679. The van der Waals surface area contributed by atoms with Crippen LogP contribution in [0.4, 0.5) is 10.7 Å². The molecule has 0 aliphatic carbocycles. The van der Waals surface area contributed by atoms with Gasteiger partial charge in [0.25, 0.3) is 0 Å². The van der Waals surface area contributed by atoms with E-state index in [9.17, 15) is 9.59 Å². The number of nitrogens with zero attached hydrogens (tertiary/aromatic N) is 4. The van der Waals surface area contributed by atoms with Crippen LogP contribution in [0.1, 0.15) is 75.7 Å². The van der Waals surface area contributed by atoms with Crippen molar-refractivity contribution in [2.24, 2.45) is 0 Å². The first-order valence-electron chi connectivity index (χ1n) is 12.7. The molecular formula is C25H42BN5O5. The number of alkyl carbamates (subject to hydrolysis) is 1. The Labute approximate surface area is 215 Å². The van der Waals surface area contributed by atoms with Crippen LogP contribution in [0, 0.1) is 0 Å². The van der Waals surface area contributed by atoms with E-state index in [0.717, 1.165) is 11.9 Å². The van der Waals surface area contributed by atoms with Crippen LogP contribution < -0.4 is 15.7 Å². The van der Waals surface area contributed by atoms with Gasteiger partial charge >= 0.3 is 13.2 Å². The smallest absolute Gasteiger partial charge is 0.444 e. The highest BCUT2D eigenvalue weighted by Crippen LogP contribution is 2.36. The molecule has 36 heavy (non-hydrogen) atoms. The number of likely N-dealkylation sites (tertiary alicyclic amines) is 1. The van der Waals surface area contributed by atoms with Gasteiger partial charge in [0.15, 0.2) is 0 Å². The number of ether oxygens (including phenoxy) is 1. The molecule has 1 N–H and O–H groups in total. The average Bonchev–Trinajstić information content (AvgIpc) is 3.28. The van der Waals surface area contributed by atoms with E-state index < -0.39 is 36.1 Å². The monoisotopic (exact) mass is 503 g/mol. The summed E-state index contributed by atoms with van der Waals surface area (Å²) in [5.74, 6) is 0.466. The van der Waals surface area contributed by atoms with Gasteiger partial charge in [0.05, 0.1) is 17.2 Å². The summed E-state index contributed by atoms with van der Waals surface area (Å²) in [4.78, 5) is 38.3. The molecular weight excluding hydrogens is 461 g/mol. The predicted molar refractivity (Wildman–Crippen MR) is 139 cm³/mol. The molecule has 2 saturated heterocycles. The summed E-state index contributed by atoms with van der Waals surface area (Å²) < 4.78 is 17.5. The van der Waals surface area contributed by atoms with Crippen LogP contribution in [0.25, 0.3) is 0 Å². The summed E-state index contributed by atoms with van der Waals surface area (Å²) in [5, 5.41) is 2.64. The molecule has 0 aromatic carbocycles. The number of amides is 2. The molecule has 1 aromatic rings. The Hall–Kier alpha value is -2.40. The number of aromatic nitrogens is 2. The van der Waals surface area contributed by atoms with Crippen molar-refractivity contribution in [3.05, 3.63) is 12.4 Å². The Kier molecular flexibility index (Phi) is 7.96. The van der Waals surface area contributed by atoms with E-state index in [2.05, 4.69) is 34.0 Å². The van der Waals surface area contributed by atoms with Gasteiger partial charge in [-0.25, -0.2) is 14.8 Å². The molecule has 2 aliphatic heterocycles. The number of rotatable bonds is 6. The van der Waals surface area contributed by atoms with Gasteiger partial charge in [0.1, 0.15) is 11.6 Å². The van der Waals surface area contributed by atoms with Crippen molar-refractivity contribution in [3.63, 3.8) is 0 Å². The summed E-state index contributed by atoms with van der Waals surface area (Å²) in [6, 6.07) is -0.489. The fourth-order valence-electron chi connectivity index (χ4n) is 4.37. The van der Waals surface area contributed by atoms with Crippen molar-refractivity contribution in [2.75, 3.05) is 18.0 Å². The van der Waals surface area contributed by atoms with Crippen molar-refractivity contribution < 1.29 is 23.6 Å². The second kappa shape index (κ2) is 10.2. The SMILES string of the molecule is CC(NC(=O)OC(C)(C)C)C(=O)N1CCC(N(c2ncc(B3OC(C)(C)C(C)(C)O3)cn2)C(C)C)C1. The Morgan fingerprint density at radius 3 is 2.19 bits per heavy atom. The minimum Gasteiger partial charge on any atom is -0.444 e. The van der Waals surface area contributed by atoms with Crippen molar-refractivity contribution in [3.8, 4) is 0 Å². The number of anilines is 1. The van der Waals surface area contributed by atoms with E-state index in [4.69, 9.17) is 14.0 Å². The van der Waals surface area contributed by atoms with Gasteiger partial charge in [-0.1, -0.05) is 0 Å². The molecule has 2 atom stereocenters. The highest BCUT2D eigenvalue weighted by atomic mass is 16.7. The Balaban J connectivity index is 1.65. The van der Waals surface area contributed by atoms with Gasteiger partial charge in [0.2, 0.25) is 11.9 Å². The largest absolute Gasteiger partial charge is 0.498 e. The molecule has 2 aliphatic rings. The Morgan fingerprint density at radius 1 is 1.14 bits per heavy atom. The maximum Gasteiger partial charge on any atom is 0.498 e. The van der Waals surface area contributed by atoms with Gasteiger partial charge in [-0.3, -0.25) is 4.79 Å². The third kappa shape index (κ3) is 6.29. The van der Waals surface area contributed by atoms with Gasteiger partial charge in [-0.2, -0.15) is 0 Å². The maximum atomic E-state index is 13.0. The Morgan fingerprint density at radius 2 is 1.69 bits per heavy atom. The molecule has 11 heteroatoms. The molecule has 2 unspecified atom stereocenters. The minimum absolute atomic E-state index is 0.0605. The zero-order valence-corrected chi connectivity index (χ0v) is 23.4. The number of carbonyl (C=O) groups is 2. The molecule has 1 aromatic heterocycles. The first-order valence-corrected chi connectivity index (χ1v) is 12.7. The van der Waals surface area contributed by atoms with Crippen LogP contribution in [-0.2, 0) is 18.8 Å². The van der Waals surface area contributed by atoms with E-state index in [1.54, 1.807) is 45.0 Å². The zero-order chi connectivity index (χ0) is 27.1. The van der Waals surface area contributed by atoms with Crippen molar-refractivity contribution in [2.45, 2.75) is 111 Å². The summed E-state index contributed by atoms with van der Waals surface area (Å²) in [6.45, 7) is 20.4. The fourth-order valence-corrected chi connectivity index (χ4v) is 4.37. The standard InChI is InChI=1S/C25H42BN5O5/c1-16(2)31(21-27-13-18(14-28-21)26-35-24(7,8)25(9,10)36-26)19-11-12-30(15-19)20(32)17(3)29-22(33)34-23(4,5)6/h13-14,16-17,19H,11-12,15H2,1-10H3,(H,29,33). The molecule has 10 nitrogen and oxygen atoms in total. The second-order valence-corrected chi connectivity index (χ2v) is 12.0. The third-order valence-electron chi connectivity index (χ3n) is 6.94. The molecule has 3 rings (SSSR count). The fraction of sp³-hybridized carbons (Fsp3) is 0.760. The third-order valence-corrected chi connectivity index (χ3v) is 6.94. The van der Waals surface area contributed by atoms with E-state index in [1.807, 2.05) is 27.7 Å². The highest BCUT2D eigenvalue weighted by molar-refractivity contribution is 6.61.